The first kappa shape index (κ1) is 13.1. The predicted octanol–water partition coefficient (Wildman–Crippen LogP) is 1.19. The van der Waals surface area contributed by atoms with Crippen LogP contribution in [0.2, 0.25) is 0 Å². The zero-order chi connectivity index (χ0) is 14.3. The number of nitro benzene ring substituents is 1. The SMILES string of the molecule is Cc1ccc([N+](=O)[O-])c(C(=O)N2C[C@H]3CNC[C@H]3C2)c1. The summed E-state index contributed by atoms with van der Waals surface area (Å²) in [6.45, 7) is 5.10. The van der Waals surface area contributed by atoms with Crippen LogP contribution in [-0.2, 0) is 0 Å². The van der Waals surface area contributed by atoms with Gasteiger partial charge in [0.15, 0.2) is 0 Å². The molecule has 0 saturated carbocycles. The van der Waals surface area contributed by atoms with Crippen LogP contribution in [0.25, 0.3) is 0 Å². The Bertz CT molecular complexity index is 561. The summed E-state index contributed by atoms with van der Waals surface area (Å²) in [6, 6.07) is 4.70. The molecule has 2 fully saturated rings. The molecule has 1 N–H and O–H groups in total. The number of nitro groups is 1. The fourth-order valence-corrected chi connectivity index (χ4v) is 3.17. The third-order valence-corrected chi connectivity index (χ3v) is 4.26. The van der Waals surface area contributed by atoms with Crippen molar-refractivity contribution < 1.29 is 9.72 Å². The summed E-state index contributed by atoms with van der Waals surface area (Å²) in [5, 5.41) is 14.4. The third-order valence-electron chi connectivity index (χ3n) is 4.26. The number of rotatable bonds is 2. The molecule has 2 atom stereocenters. The minimum atomic E-state index is -0.481. The second-order valence-electron chi connectivity index (χ2n) is 5.67. The van der Waals surface area contributed by atoms with Gasteiger partial charge >= 0.3 is 0 Å². The standard InChI is InChI=1S/C14H17N3O3/c1-9-2-3-13(17(19)20)12(4-9)14(18)16-7-10-5-15-6-11(10)8-16/h2-4,10-11,15H,5-8H2,1H3/t10-,11+. The van der Waals surface area contributed by atoms with Crippen LogP contribution in [0.15, 0.2) is 18.2 Å². The van der Waals surface area contributed by atoms with Gasteiger partial charge in [-0.15, -0.1) is 0 Å². The molecule has 1 aromatic rings. The zero-order valence-corrected chi connectivity index (χ0v) is 11.3. The number of fused-ring (bicyclic) bond motifs is 1. The Labute approximate surface area is 116 Å². The van der Waals surface area contributed by atoms with E-state index in [1.54, 1.807) is 17.0 Å². The lowest BCUT2D eigenvalue weighted by atomic mass is 10.0. The molecule has 3 rings (SSSR count). The Balaban J connectivity index is 1.87. The molecule has 2 saturated heterocycles. The van der Waals surface area contributed by atoms with Crippen molar-refractivity contribution in [1.82, 2.24) is 10.2 Å². The van der Waals surface area contributed by atoms with Crippen molar-refractivity contribution in [1.29, 1.82) is 0 Å². The van der Waals surface area contributed by atoms with E-state index >= 15 is 0 Å². The van der Waals surface area contributed by atoms with E-state index < -0.39 is 4.92 Å². The summed E-state index contributed by atoms with van der Waals surface area (Å²) < 4.78 is 0. The van der Waals surface area contributed by atoms with Crippen molar-refractivity contribution in [2.75, 3.05) is 26.2 Å². The van der Waals surface area contributed by atoms with Gasteiger partial charge in [-0.3, -0.25) is 14.9 Å². The Kier molecular flexibility index (Phi) is 3.17. The minimum Gasteiger partial charge on any atom is -0.338 e. The average Bonchev–Trinajstić information content (AvgIpc) is 2.97. The van der Waals surface area contributed by atoms with Crippen LogP contribution < -0.4 is 5.32 Å². The Morgan fingerprint density at radius 3 is 2.60 bits per heavy atom. The summed E-state index contributed by atoms with van der Waals surface area (Å²) in [4.78, 5) is 24.9. The molecule has 0 unspecified atom stereocenters. The molecule has 1 amide bonds. The van der Waals surface area contributed by atoms with Gasteiger partial charge in [-0.2, -0.15) is 0 Å². The molecule has 0 aliphatic carbocycles. The predicted molar refractivity (Wildman–Crippen MR) is 73.6 cm³/mol. The summed E-state index contributed by atoms with van der Waals surface area (Å²) in [7, 11) is 0. The van der Waals surface area contributed by atoms with Crippen molar-refractivity contribution in [2.45, 2.75) is 6.92 Å². The molecule has 0 bridgehead atoms. The largest absolute Gasteiger partial charge is 0.338 e. The molecular formula is C14H17N3O3. The fourth-order valence-electron chi connectivity index (χ4n) is 3.17. The number of nitrogens with zero attached hydrogens (tertiary/aromatic N) is 2. The first-order chi connectivity index (χ1) is 9.56. The first-order valence-electron chi connectivity index (χ1n) is 6.81. The number of hydrogen-bond donors (Lipinski definition) is 1. The normalized spacial score (nSPS) is 24.8. The number of likely N-dealkylation sites (tertiary alicyclic amines) is 1. The molecule has 0 radical (unpaired) electrons. The highest BCUT2D eigenvalue weighted by Crippen LogP contribution is 2.29. The van der Waals surface area contributed by atoms with E-state index in [0.717, 1.165) is 18.7 Å². The number of nitrogens with one attached hydrogen (secondary N) is 1. The van der Waals surface area contributed by atoms with Crippen molar-refractivity contribution in [3.8, 4) is 0 Å². The first-order valence-corrected chi connectivity index (χ1v) is 6.81. The van der Waals surface area contributed by atoms with Crippen molar-refractivity contribution in [2.24, 2.45) is 11.8 Å². The molecule has 2 aliphatic rings. The molecule has 2 aliphatic heterocycles. The molecular weight excluding hydrogens is 258 g/mol. The number of hydrogen-bond acceptors (Lipinski definition) is 4. The number of amides is 1. The van der Waals surface area contributed by atoms with Crippen LogP contribution in [0, 0.1) is 28.9 Å². The second-order valence-corrected chi connectivity index (χ2v) is 5.67. The van der Waals surface area contributed by atoms with Crippen LogP contribution in [0.4, 0.5) is 5.69 Å². The Morgan fingerprint density at radius 2 is 2.00 bits per heavy atom. The summed E-state index contributed by atoms with van der Waals surface area (Å²) >= 11 is 0. The van der Waals surface area contributed by atoms with Gasteiger partial charge in [0.25, 0.3) is 11.6 Å². The summed E-state index contributed by atoms with van der Waals surface area (Å²) in [6.07, 6.45) is 0. The zero-order valence-electron chi connectivity index (χ0n) is 11.3. The van der Waals surface area contributed by atoms with Crippen molar-refractivity contribution in [3.63, 3.8) is 0 Å². The Hall–Kier alpha value is -1.95. The van der Waals surface area contributed by atoms with E-state index in [-0.39, 0.29) is 17.2 Å². The van der Waals surface area contributed by atoms with Crippen LogP contribution in [0.3, 0.4) is 0 Å². The van der Waals surface area contributed by atoms with E-state index in [0.29, 0.717) is 24.9 Å². The quantitative estimate of drug-likeness (QED) is 0.650. The van der Waals surface area contributed by atoms with Gasteiger partial charge in [0, 0.05) is 32.2 Å². The fraction of sp³-hybridized carbons (Fsp3) is 0.500. The second kappa shape index (κ2) is 4.86. The Morgan fingerprint density at radius 1 is 1.35 bits per heavy atom. The van der Waals surface area contributed by atoms with E-state index in [9.17, 15) is 14.9 Å². The van der Waals surface area contributed by atoms with E-state index in [2.05, 4.69) is 5.32 Å². The number of aryl methyl sites for hydroxylation is 1. The van der Waals surface area contributed by atoms with Gasteiger partial charge in [0.2, 0.25) is 0 Å². The van der Waals surface area contributed by atoms with Gasteiger partial charge in [-0.05, 0) is 30.4 Å². The topological polar surface area (TPSA) is 75.5 Å². The van der Waals surface area contributed by atoms with Crippen molar-refractivity contribution in [3.05, 3.63) is 39.4 Å². The molecule has 0 aromatic heterocycles. The van der Waals surface area contributed by atoms with E-state index in [1.807, 2.05) is 6.92 Å². The smallest absolute Gasteiger partial charge is 0.282 e. The highest BCUT2D eigenvalue weighted by atomic mass is 16.6. The van der Waals surface area contributed by atoms with Crippen LogP contribution in [0.1, 0.15) is 15.9 Å². The number of carbonyl (C=O) groups is 1. The summed E-state index contributed by atoms with van der Waals surface area (Å²) in [5.41, 5.74) is 0.971. The molecule has 1 aromatic carbocycles. The van der Waals surface area contributed by atoms with Crippen LogP contribution >= 0.6 is 0 Å². The lowest BCUT2D eigenvalue weighted by Gasteiger charge is -2.17. The lowest BCUT2D eigenvalue weighted by Crippen LogP contribution is -2.32. The molecule has 2 heterocycles. The molecule has 6 nitrogen and oxygen atoms in total. The van der Waals surface area contributed by atoms with Gasteiger partial charge in [0.1, 0.15) is 5.56 Å². The highest BCUT2D eigenvalue weighted by molar-refractivity contribution is 5.98. The molecule has 106 valence electrons. The summed E-state index contributed by atoms with van der Waals surface area (Å²) in [5.74, 6) is 0.764. The minimum absolute atomic E-state index is 0.101. The number of benzene rings is 1. The lowest BCUT2D eigenvalue weighted by molar-refractivity contribution is -0.385. The van der Waals surface area contributed by atoms with Gasteiger partial charge in [0.05, 0.1) is 4.92 Å². The maximum absolute atomic E-state index is 12.6. The van der Waals surface area contributed by atoms with Gasteiger partial charge in [-0.1, -0.05) is 6.07 Å². The highest BCUT2D eigenvalue weighted by Gasteiger charge is 2.39. The van der Waals surface area contributed by atoms with E-state index in [4.69, 9.17) is 0 Å². The third kappa shape index (κ3) is 2.16. The van der Waals surface area contributed by atoms with Crippen LogP contribution in [-0.4, -0.2) is 41.9 Å². The van der Waals surface area contributed by atoms with Gasteiger partial charge in [-0.25, -0.2) is 0 Å². The average molecular weight is 275 g/mol. The number of carbonyl (C=O) groups excluding carboxylic acids is 1. The maximum atomic E-state index is 12.6. The van der Waals surface area contributed by atoms with E-state index in [1.165, 1.54) is 6.07 Å². The monoisotopic (exact) mass is 275 g/mol. The van der Waals surface area contributed by atoms with Crippen LogP contribution in [0.5, 0.6) is 0 Å². The van der Waals surface area contributed by atoms with Crippen molar-refractivity contribution >= 4 is 11.6 Å². The maximum Gasteiger partial charge on any atom is 0.282 e. The van der Waals surface area contributed by atoms with Gasteiger partial charge < -0.3 is 10.2 Å². The molecule has 0 spiro atoms. The molecule has 20 heavy (non-hydrogen) atoms. The molecule has 6 heteroatoms.